The van der Waals surface area contributed by atoms with Crippen molar-refractivity contribution >= 4 is 17.8 Å². The molecule has 0 spiro atoms. The summed E-state index contributed by atoms with van der Waals surface area (Å²) >= 11 is 0. The number of rotatable bonds is 7. The van der Waals surface area contributed by atoms with Gasteiger partial charge in [0.15, 0.2) is 0 Å². The quantitative estimate of drug-likeness (QED) is 0.445. The van der Waals surface area contributed by atoms with Crippen LogP contribution >= 0.6 is 0 Å². The molecule has 2 aromatic rings. The van der Waals surface area contributed by atoms with Crippen LogP contribution < -0.4 is 4.74 Å². The summed E-state index contributed by atoms with van der Waals surface area (Å²) in [5, 5.41) is 11.0. The van der Waals surface area contributed by atoms with Crippen LogP contribution in [0.5, 0.6) is 5.75 Å². The Labute approximate surface area is 132 Å². The number of ketones is 1. The average molecular weight is 313 g/mol. The molecular weight excluding hydrogens is 298 g/mol. The lowest BCUT2D eigenvalue weighted by atomic mass is 9.98. The Kier molecular flexibility index (Phi) is 5.19. The summed E-state index contributed by atoms with van der Waals surface area (Å²) in [7, 11) is 1.49. The minimum Gasteiger partial charge on any atom is -0.497 e. The molecule has 0 aliphatic rings. The Morgan fingerprint density at radius 1 is 1.17 bits per heavy atom. The van der Waals surface area contributed by atoms with Crippen LogP contribution in [0.1, 0.15) is 21.5 Å². The molecule has 118 valence electrons. The minimum absolute atomic E-state index is 0.0112. The normalized spacial score (nSPS) is 10.1. The molecule has 6 nitrogen and oxygen atoms in total. The molecule has 2 rings (SSSR count). The Balaban J connectivity index is 2.20. The fourth-order valence-electron chi connectivity index (χ4n) is 2.30. The predicted molar refractivity (Wildman–Crippen MR) is 83.9 cm³/mol. The minimum atomic E-state index is -0.509. The second-order valence-corrected chi connectivity index (χ2v) is 4.96. The van der Waals surface area contributed by atoms with Gasteiger partial charge in [-0.05, 0) is 23.8 Å². The molecule has 0 aliphatic carbocycles. The van der Waals surface area contributed by atoms with Gasteiger partial charge in [0.25, 0.3) is 5.69 Å². The fraction of sp³-hybridized carbons (Fsp3) is 0.176. The first-order chi connectivity index (χ1) is 11.0. The highest BCUT2D eigenvalue weighted by Gasteiger charge is 2.17. The van der Waals surface area contributed by atoms with Gasteiger partial charge in [-0.2, -0.15) is 0 Å². The molecule has 0 aliphatic heterocycles. The third-order valence-electron chi connectivity index (χ3n) is 3.44. The fourth-order valence-corrected chi connectivity index (χ4v) is 2.30. The third-order valence-corrected chi connectivity index (χ3v) is 3.44. The molecule has 6 heteroatoms. The number of Topliss-reactive ketones (excluding diaryl/α,β-unsaturated/α-hetero) is 1. The summed E-state index contributed by atoms with van der Waals surface area (Å²) in [4.78, 5) is 33.8. The second-order valence-electron chi connectivity index (χ2n) is 4.96. The molecule has 0 unspecified atom stereocenters. The van der Waals surface area contributed by atoms with Gasteiger partial charge in [0.2, 0.25) is 0 Å². The Morgan fingerprint density at radius 2 is 1.87 bits per heavy atom. The largest absolute Gasteiger partial charge is 0.497 e. The summed E-state index contributed by atoms with van der Waals surface area (Å²) in [6.45, 7) is 0. The van der Waals surface area contributed by atoms with E-state index in [4.69, 9.17) is 4.74 Å². The standard InChI is InChI=1S/C17H15NO5/c1-23-16-7-6-13(11-19)14(10-16)9-15(20)8-12-4-2-3-5-17(12)18(21)22/h2-7,10-11H,8-9H2,1H3. The molecule has 0 heterocycles. The maximum atomic E-state index is 12.2. The molecule has 0 N–H and O–H groups in total. The zero-order valence-corrected chi connectivity index (χ0v) is 12.5. The van der Waals surface area contributed by atoms with Crippen LogP contribution in [-0.4, -0.2) is 24.1 Å². The van der Waals surface area contributed by atoms with Gasteiger partial charge >= 0.3 is 0 Å². The van der Waals surface area contributed by atoms with E-state index in [1.54, 1.807) is 36.4 Å². The van der Waals surface area contributed by atoms with E-state index in [2.05, 4.69) is 0 Å². The first-order valence-electron chi connectivity index (χ1n) is 6.91. The molecular formula is C17H15NO5. The van der Waals surface area contributed by atoms with Crippen LogP contribution in [0.15, 0.2) is 42.5 Å². The lowest BCUT2D eigenvalue weighted by Crippen LogP contribution is -2.10. The topological polar surface area (TPSA) is 86.5 Å². The lowest BCUT2D eigenvalue weighted by molar-refractivity contribution is -0.385. The molecule has 2 aromatic carbocycles. The molecule has 0 saturated carbocycles. The molecule has 0 fully saturated rings. The number of methoxy groups -OCH3 is 1. The van der Waals surface area contributed by atoms with Crippen LogP contribution in [0.25, 0.3) is 0 Å². The van der Waals surface area contributed by atoms with Crippen molar-refractivity contribution in [2.45, 2.75) is 12.8 Å². The van der Waals surface area contributed by atoms with E-state index < -0.39 is 4.92 Å². The van der Waals surface area contributed by atoms with E-state index in [1.807, 2.05) is 0 Å². The van der Waals surface area contributed by atoms with Crippen molar-refractivity contribution < 1.29 is 19.2 Å². The van der Waals surface area contributed by atoms with Gasteiger partial charge in [0.1, 0.15) is 17.8 Å². The summed E-state index contributed by atoms with van der Waals surface area (Å²) in [6.07, 6.45) is 0.622. The van der Waals surface area contributed by atoms with E-state index in [1.165, 1.54) is 13.2 Å². The SMILES string of the molecule is COc1ccc(C=O)c(CC(=O)Cc2ccccc2[N+](=O)[O-])c1. The Hall–Kier alpha value is -3.02. The van der Waals surface area contributed by atoms with Crippen LogP contribution in [0.2, 0.25) is 0 Å². The van der Waals surface area contributed by atoms with Crippen molar-refractivity contribution in [3.8, 4) is 5.75 Å². The molecule has 0 radical (unpaired) electrons. The maximum absolute atomic E-state index is 12.2. The van der Waals surface area contributed by atoms with Gasteiger partial charge in [0.05, 0.1) is 12.0 Å². The molecule has 23 heavy (non-hydrogen) atoms. The number of hydrogen-bond donors (Lipinski definition) is 0. The number of carbonyl (C=O) groups is 2. The smallest absolute Gasteiger partial charge is 0.273 e. The van der Waals surface area contributed by atoms with Crippen LogP contribution in [0, 0.1) is 10.1 Å². The molecule has 0 amide bonds. The zero-order valence-electron chi connectivity index (χ0n) is 12.5. The third kappa shape index (κ3) is 4.00. The van der Waals surface area contributed by atoms with Gasteiger partial charge in [-0.3, -0.25) is 19.7 Å². The summed E-state index contributed by atoms with van der Waals surface area (Å²) < 4.78 is 5.09. The van der Waals surface area contributed by atoms with Crippen LogP contribution in [-0.2, 0) is 17.6 Å². The number of ether oxygens (including phenoxy) is 1. The number of nitrogens with zero attached hydrogens (tertiary/aromatic N) is 1. The molecule has 0 aromatic heterocycles. The first-order valence-corrected chi connectivity index (χ1v) is 6.91. The highest BCUT2D eigenvalue weighted by atomic mass is 16.6. The van der Waals surface area contributed by atoms with Crippen LogP contribution in [0.4, 0.5) is 5.69 Å². The van der Waals surface area contributed by atoms with Gasteiger partial charge in [-0.25, -0.2) is 0 Å². The highest BCUT2D eigenvalue weighted by molar-refractivity contribution is 5.87. The predicted octanol–water partition coefficient (Wildman–Crippen LogP) is 2.77. The zero-order chi connectivity index (χ0) is 16.8. The van der Waals surface area contributed by atoms with E-state index in [-0.39, 0.29) is 24.3 Å². The first kappa shape index (κ1) is 16.4. The summed E-state index contributed by atoms with van der Waals surface area (Å²) in [5.41, 5.74) is 1.23. The molecule has 0 atom stereocenters. The number of aldehydes is 1. The van der Waals surface area contributed by atoms with Crippen molar-refractivity contribution in [1.82, 2.24) is 0 Å². The number of nitro groups is 1. The highest BCUT2D eigenvalue weighted by Crippen LogP contribution is 2.21. The number of nitro benzene ring substituents is 1. The molecule has 0 bridgehead atoms. The van der Waals surface area contributed by atoms with Gasteiger partial charge in [-0.1, -0.05) is 18.2 Å². The lowest BCUT2D eigenvalue weighted by Gasteiger charge is -2.07. The Morgan fingerprint density at radius 3 is 2.52 bits per heavy atom. The van der Waals surface area contributed by atoms with Gasteiger partial charge in [-0.15, -0.1) is 0 Å². The monoisotopic (exact) mass is 313 g/mol. The van der Waals surface area contributed by atoms with Crippen molar-refractivity contribution in [3.05, 3.63) is 69.3 Å². The molecule has 0 saturated heterocycles. The maximum Gasteiger partial charge on any atom is 0.273 e. The van der Waals surface area contributed by atoms with E-state index in [0.717, 1.165) is 0 Å². The van der Waals surface area contributed by atoms with Crippen molar-refractivity contribution in [2.24, 2.45) is 0 Å². The Bertz CT molecular complexity index is 754. The van der Waals surface area contributed by atoms with E-state index in [0.29, 0.717) is 28.7 Å². The van der Waals surface area contributed by atoms with Gasteiger partial charge < -0.3 is 4.74 Å². The van der Waals surface area contributed by atoms with Crippen molar-refractivity contribution in [3.63, 3.8) is 0 Å². The number of hydrogen-bond acceptors (Lipinski definition) is 5. The van der Waals surface area contributed by atoms with Crippen molar-refractivity contribution in [1.29, 1.82) is 0 Å². The van der Waals surface area contributed by atoms with Crippen molar-refractivity contribution in [2.75, 3.05) is 7.11 Å². The number of carbonyl (C=O) groups excluding carboxylic acids is 2. The summed E-state index contributed by atoms with van der Waals surface area (Å²) in [6, 6.07) is 11.0. The second kappa shape index (κ2) is 7.31. The summed E-state index contributed by atoms with van der Waals surface area (Å²) in [5.74, 6) is 0.333. The van der Waals surface area contributed by atoms with Crippen LogP contribution in [0.3, 0.4) is 0 Å². The van der Waals surface area contributed by atoms with E-state index >= 15 is 0 Å². The number of para-hydroxylation sites is 1. The number of benzene rings is 2. The average Bonchev–Trinajstić information content (AvgIpc) is 2.55. The van der Waals surface area contributed by atoms with E-state index in [9.17, 15) is 19.7 Å². The van der Waals surface area contributed by atoms with Gasteiger partial charge in [0, 0.05) is 30.0 Å².